The highest BCUT2D eigenvalue weighted by Crippen LogP contribution is 2.21. The molecule has 0 aliphatic carbocycles. The molecule has 104 valence electrons. The van der Waals surface area contributed by atoms with Crippen LogP contribution in [0.3, 0.4) is 0 Å². The highest BCUT2D eigenvalue weighted by molar-refractivity contribution is 5.18. The molecule has 0 aliphatic rings. The summed E-state index contributed by atoms with van der Waals surface area (Å²) in [5, 5.41) is 21.6. The Morgan fingerprint density at radius 3 is 2.58 bits per heavy atom. The molecule has 19 heavy (non-hydrogen) atoms. The summed E-state index contributed by atoms with van der Waals surface area (Å²) in [4.78, 5) is 0. The van der Waals surface area contributed by atoms with E-state index in [1.807, 2.05) is 32.0 Å². The van der Waals surface area contributed by atoms with Crippen LogP contribution in [0.25, 0.3) is 0 Å². The van der Waals surface area contributed by atoms with Crippen LogP contribution in [0.1, 0.15) is 44.7 Å². The SMILES string of the molecule is CC(C)(C#N)CCCNC(CCO)c1ccccc1. The van der Waals surface area contributed by atoms with E-state index in [0.29, 0.717) is 6.42 Å². The highest BCUT2D eigenvalue weighted by Gasteiger charge is 2.16. The maximum atomic E-state index is 9.14. The smallest absolute Gasteiger partial charge is 0.0683 e. The Labute approximate surface area is 116 Å². The minimum atomic E-state index is -0.249. The van der Waals surface area contributed by atoms with Gasteiger partial charge in [0.25, 0.3) is 0 Å². The number of hydrogen-bond donors (Lipinski definition) is 2. The molecular formula is C16H24N2O. The van der Waals surface area contributed by atoms with Gasteiger partial charge in [-0.1, -0.05) is 30.3 Å². The number of rotatable bonds is 8. The number of nitrogens with one attached hydrogen (secondary N) is 1. The molecule has 0 saturated heterocycles. The molecular weight excluding hydrogens is 236 g/mol. The molecule has 0 saturated carbocycles. The van der Waals surface area contributed by atoms with Crippen molar-refractivity contribution in [3.63, 3.8) is 0 Å². The molecule has 2 N–H and O–H groups in total. The van der Waals surface area contributed by atoms with Crippen LogP contribution >= 0.6 is 0 Å². The third-order valence-corrected chi connectivity index (χ3v) is 3.29. The third-order valence-electron chi connectivity index (χ3n) is 3.29. The predicted octanol–water partition coefficient (Wildman–Crippen LogP) is 3.03. The lowest BCUT2D eigenvalue weighted by atomic mass is 9.90. The topological polar surface area (TPSA) is 56.0 Å². The zero-order valence-corrected chi connectivity index (χ0v) is 11.9. The third kappa shape index (κ3) is 5.87. The van der Waals surface area contributed by atoms with Gasteiger partial charge in [-0.15, -0.1) is 0 Å². The summed E-state index contributed by atoms with van der Waals surface area (Å²) in [7, 11) is 0. The summed E-state index contributed by atoms with van der Waals surface area (Å²) in [6, 6.07) is 12.7. The van der Waals surface area contributed by atoms with Crippen molar-refractivity contribution in [1.29, 1.82) is 5.26 Å². The van der Waals surface area contributed by atoms with E-state index in [9.17, 15) is 0 Å². The second-order valence-corrected chi connectivity index (χ2v) is 5.53. The Hall–Kier alpha value is -1.37. The van der Waals surface area contributed by atoms with Gasteiger partial charge in [0.15, 0.2) is 0 Å². The van der Waals surface area contributed by atoms with Crippen LogP contribution in [0.2, 0.25) is 0 Å². The number of aliphatic hydroxyl groups is 1. The van der Waals surface area contributed by atoms with E-state index in [2.05, 4.69) is 23.5 Å². The molecule has 1 rings (SSSR count). The van der Waals surface area contributed by atoms with Gasteiger partial charge in [0.2, 0.25) is 0 Å². The molecule has 1 aromatic carbocycles. The van der Waals surface area contributed by atoms with Crippen LogP contribution in [0.4, 0.5) is 0 Å². The average Bonchev–Trinajstić information content (AvgIpc) is 2.43. The number of nitriles is 1. The largest absolute Gasteiger partial charge is 0.396 e. The Bertz CT molecular complexity index is 395. The van der Waals surface area contributed by atoms with Crippen molar-refractivity contribution in [2.75, 3.05) is 13.2 Å². The summed E-state index contributed by atoms with van der Waals surface area (Å²) < 4.78 is 0. The summed E-state index contributed by atoms with van der Waals surface area (Å²) >= 11 is 0. The van der Waals surface area contributed by atoms with Gasteiger partial charge in [-0.05, 0) is 45.2 Å². The molecule has 0 fully saturated rings. The van der Waals surface area contributed by atoms with Crippen molar-refractivity contribution in [2.45, 2.75) is 39.2 Å². The fourth-order valence-corrected chi connectivity index (χ4v) is 2.06. The van der Waals surface area contributed by atoms with Crippen LogP contribution in [-0.2, 0) is 0 Å². The first-order valence-electron chi connectivity index (χ1n) is 6.89. The summed E-state index contributed by atoms with van der Waals surface area (Å²) in [5.74, 6) is 0. The van der Waals surface area contributed by atoms with Crippen molar-refractivity contribution in [1.82, 2.24) is 5.32 Å². The van der Waals surface area contributed by atoms with E-state index in [4.69, 9.17) is 10.4 Å². The molecule has 3 nitrogen and oxygen atoms in total. The molecule has 3 heteroatoms. The molecule has 1 atom stereocenters. The van der Waals surface area contributed by atoms with Crippen molar-refractivity contribution in [2.24, 2.45) is 5.41 Å². The quantitative estimate of drug-likeness (QED) is 0.706. The monoisotopic (exact) mass is 260 g/mol. The molecule has 0 spiro atoms. The molecule has 0 heterocycles. The Morgan fingerprint density at radius 2 is 2.00 bits per heavy atom. The Morgan fingerprint density at radius 1 is 1.32 bits per heavy atom. The summed E-state index contributed by atoms with van der Waals surface area (Å²) in [6.45, 7) is 4.98. The van der Waals surface area contributed by atoms with Gasteiger partial charge >= 0.3 is 0 Å². The van der Waals surface area contributed by atoms with Crippen molar-refractivity contribution in [3.05, 3.63) is 35.9 Å². The van der Waals surface area contributed by atoms with Gasteiger partial charge in [-0.2, -0.15) is 5.26 Å². The van der Waals surface area contributed by atoms with Gasteiger partial charge in [-0.3, -0.25) is 0 Å². The van der Waals surface area contributed by atoms with Crippen LogP contribution in [-0.4, -0.2) is 18.3 Å². The standard InChI is InChI=1S/C16H24N2O/c1-16(2,13-17)10-6-11-18-15(9-12-19)14-7-4-3-5-8-14/h3-5,7-8,15,18-19H,6,9-12H2,1-2H3. The van der Waals surface area contributed by atoms with Crippen LogP contribution in [0.15, 0.2) is 30.3 Å². The first-order valence-corrected chi connectivity index (χ1v) is 6.89. The predicted molar refractivity (Wildman–Crippen MR) is 77.5 cm³/mol. The molecule has 0 aromatic heterocycles. The van der Waals surface area contributed by atoms with Crippen molar-refractivity contribution < 1.29 is 5.11 Å². The van der Waals surface area contributed by atoms with Crippen LogP contribution in [0, 0.1) is 16.7 Å². The van der Waals surface area contributed by atoms with Crippen molar-refractivity contribution in [3.8, 4) is 6.07 Å². The summed E-state index contributed by atoms with van der Waals surface area (Å²) in [5.41, 5.74) is 0.956. The van der Waals surface area contributed by atoms with E-state index in [1.165, 1.54) is 5.56 Å². The maximum absolute atomic E-state index is 9.14. The second kappa shape index (κ2) is 7.93. The first kappa shape index (κ1) is 15.7. The second-order valence-electron chi connectivity index (χ2n) is 5.53. The highest BCUT2D eigenvalue weighted by atomic mass is 16.3. The lowest BCUT2D eigenvalue weighted by Gasteiger charge is -2.20. The molecule has 0 amide bonds. The average molecular weight is 260 g/mol. The normalized spacial score (nSPS) is 12.9. The molecule has 1 unspecified atom stereocenters. The van der Waals surface area contributed by atoms with Crippen LogP contribution < -0.4 is 5.32 Å². The number of hydrogen-bond acceptors (Lipinski definition) is 3. The van der Waals surface area contributed by atoms with Gasteiger partial charge < -0.3 is 10.4 Å². The van der Waals surface area contributed by atoms with E-state index in [-0.39, 0.29) is 18.1 Å². The maximum Gasteiger partial charge on any atom is 0.0683 e. The lowest BCUT2D eigenvalue weighted by Crippen LogP contribution is -2.24. The summed E-state index contributed by atoms with van der Waals surface area (Å²) in [6.07, 6.45) is 2.57. The fourth-order valence-electron chi connectivity index (χ4n) is 2.06. The minimum Gasteiger partial charge on any atom is -0.396 e. The van der Waals surface area contributed by atoms with Crippen molar-refractivity contribution >= 4 is 0 Å². The molecule has 0 bridgehead atoms. The Balaban J connectivity index is 2.42. The fraction of sp³-hybridized carbons (Fsp3) is 0.562. The molecule has 1 aromatic rings. The van der Waals surface area contributed by atoms with Crippen LogP contribution in [0.5, 0.6) is 0 Å². The van der Waals surface area contributed by atoms with E-state index >= 15 is 0 Å². The number of benzene rings is 1. The number of nitrogens with zero attached hydrogens (tertiary/aromatic N) is 1. The number of aliphatic hydroxyl groups excluding tert-OH is 1. The zero-order valence-electron chi connectivity index (χ0n) is 11.9. The van der Waals surface area contributed by atoms with Gasteiger partial charge in [0.05, 0.1) is 11.5 Å². The van der Waals surface area contributed by atoms with Gasteiger partial charge in [0, 0.05) is 12.6 Å². The van der Waals surface area contributed by atoms with E-state index in [1.54, 1.807) is 0 Å². The molecule has 0 radical (unpaired) electrons. The van der Waals surface area contributed by atoms with Gasteiger partial charge in [0.1, 0.15) is 0 Å². The van der Waals surface area contributed by atoms with Gasteiger partial charge in [-0.25, -0.2) is 0 Å². The van der Waals surface area contributed by atoms with E-state index in [0.717, 1.165) is 19.4 Å². The zero-order chi connectivity index (χ0) is 14.1. The minimum absolute atomic E-state index is 0.177. The first-order chi connectivity index (χ1) is 9.09. The lowest BCUT2D eigenvalue weighted by molar-refractivity contribution is 0.264. The Kier molecular flexibility index (Phi) is 6.55. The van der Waals surface area contributed by atoms with E-state index < -0.39 is 0 Å². The molecule has 0 aliphatic heterocycles.